The van der Waals surface area contributed by atoms with Crippen LogP contribution in [0.1, 0.15) is 35.6 Å². The Bertz CT molecular complexity index is 1330. The lowest BCUT2D eigenvalue weighted by Crippen LogP contribution is -2.52. The number of hydrogen-bond donors (Lipinski definition) is 3. The van der Waals surface area contributed by atoms with Crippen LogP contribution >= 0.6 is 15.9 Å². The first-order valence-corrected chi connectivity index (χ1v) is 13.6. The van der Waals surface area contributed by atoms with Crippen LogP contribution in [0.25, 0.3) is 0 Å². The second-order valence-electron chi connectivity index (χ2n) is 9.24. The van der Waals surface area contributed by atoms with Crippen molar-refractivity contribution in [2.24, 2.45) is 4.99 Å². The molecular formula is C30H30BrF2N3O4. The van der Waals surface area contributed by atoms with Gasteiger partial charge in [0.15, 0.2) is 11.6 Å². The summed E-state index contributed by atoms with van der Waals surface area (Å²) in [6.45, 7) is 4.53. The number of aliphatic imine (C=N–C) groups is 1. The summed E-state index contributed by atoms with van der Waals surface area (Å²) in [5.74, 6) is -0.823. The van der Waals surface area contributed by atoms with Crippen LogP contribution in [-0.4, -0.2) is 42.2 Å². The fraction of sp³-hybridized carbons (Fsp3) is 0.267. The molecule has 10 heteroatoms. The average Bonchev–Trinajstić information content (AvgIpc) is 3.32. The molecule has 210 valence electrons. The van der Waals surface area contributed by atoms with Crippen LogP contribution in [0, 0.1) is 11.6 Å². The van der Waals surface area contributed by atoms with Gasteiger partial charge in [-0.05, 0) is 66.1 Å². The van der Waals surface area contributed by atoms with Crippen molar-refractivity contribution in [2.45, 2.75) is 30.9 Å². The van der Waals surface area contributed by atoms with E-state index in [0.717, 1.165) is 16.1 Å². The van der Waals surface area contributed by atoms with Crippen molar-refractivity contribution in [1.29, 1.82) is 0 Å². The van der Waals surface area contributed by atoms with Crippen LogP contribution in [0.5, 0.6) is 5.75 Å². The zero-order valence-electron chi connectivity index (χ0n) is 21.7. The van der Waals surface area contributed by atoms with Crippen LogP contribution in [0.2, 0.25) is 0 Å². The number of amides is 1. The minimum absolute atomic E-state index is 0.0475. The molecular weight excluding hydrogens is 584 g/mol. The third kappa shape index (κ3) is 7.12. The van der Waals surface area contributed by atoms with Gasteiger partial charge in [0.2, 0.25) is 5.90 Å². The maximum Gasteiger partial charge on any atom is 0.266 e. The molecule has 0 radical (unpaired) electrons. The number of benzene rings is 3. The highest BCUT2D eigenvalue weighted by atomic mass is 79.9. The molecule has 2 atom stereocenters. The van der Waals surface area contributed by atoms with E-state index in [1.807, 2.05) is 24.3 Å². The van der Waals surface area contributed by atoms with Gasteiger partial charge in [-0.1, -0.05) is 34.1 Å². The van der Waals surface area contributed by atoms with E-state index < -0.39 is 29.2 Å². The van der Waals surface area contributed by atoms with Crippen molar-refractivity contribution in [1.82, 2.24) is 10.9 Å². The second-order valence-corrected chi connectivity index (χ2v) is 10.2. The Morgan fingerprint density at radius 2 is 1.82 bits per heavy atom. The van der Waals surface area contributed by atoms with E-state index >= 15 is 0 Å². The highest BCUT2D eigenvalue weighted by molar-refractivity contribution is 9.10. The predicted octanol–water partition coefficient (Wildman–Crippen LogP) is 5.19. The highest BCUT2D eigenvalue weighted by Gasteiger charge is 2.52. The van der Waals surface area contributed by atoms with Crippen LogP contribution in [-0.2, 0) is 16.0 Å². The first-order chi connectivity index (χ1) is 19.3. The van der Waals surface area contributed by atoms with Crippen LogP contribution in [0.15, 0.2) is 88.9 Å². The van der Waals surface area contributed by atoms with Gasteiger partial charge in [0.05, 0.1) is 6.61 Å². The minimum Gasteiger partial charge on any atom is -0.494 e. The molecule has 1 aliphatic heterocycles. The van der Waals surface area contributed by atoms with Crippen molar-refractivity contribution in [3.63, 3.8) is 0 Å². The fourth-order valence-electron chi connectivity index (χ4n) is 4.39. The maximum atomic E-state index is 13.7. The summed E-state index contributed by atoms with van der Waals surface area (Å²) in [5.41, 5.74) is 6.06. The molecule has 4 rings (SSSR count). The lowest BCUT2D eigenvalue weighted by molar-refractivity contribution is -0.129. The first-order valence-electron chi connectivity index (χ1n) is 12.8. The van der Waals surface area contributed by atoms with E-state index in [1.165, 1.54) is 12.1 Å². The lowest BCUT2D eigenvalue weighted by Gasteiger charge is -2.29. The summed E-state index contributed by atoms with van der Waals surface area (Å²) >= 11 is 3.44. The largest absolute Gasteiger partial charge is 0.494 e. The molecule has 1 amide bonds. The summed E-state index contributed by atoms with van der Waals surface area (Å²) in [6, 6.07) is 17.9. The summed E-state index contributed by atoms with van der Waals surface area (Å²) in [7, 11) is 0. The zero-order valence-corrected chi connectivity index (χ0v) is 23.3. The Balaban J connectivity index is 1.56. The molecule has 0 fully saturated rings. The Morgan fingerprint density at radius 1 is 1.12 bits per heavy atom. The fourth-order valence-corrected chi connectivity index (χ4v) is 4.65. The Labute approximate surface area is 240 Å². The number of hydrogen-bond acceptors (Lipinski definition) is 6. The highest BCUT2D eigenvalue weighted by Crippen LogP contribution is 2.43. The molecule has 0 unspecified atom stereocenters. The molecule has 0 saturated heterocycles. The smallest absolute Gasteiger partial charge is 0.266 e. The van der Waals surface area contributed by atoms with Crippen LogP contribution in [0.4, 0.5) is 8.78 Å². The lowest BCUT2D eigenvalue weighted by atomic mass is 9.84. The normalized spacial score (nSPS) is 18.1. The number of aliphatic hydroxyl groups excluding tert-OH is 1. The molecule has 0 aromatic heterocycles. The first kappa shape index (κ1) is 29.4. The van der Waals surface area contributed by atoms with E-state index in [-0.39, 0.29) is 26.0 Å². The third-order valence-corrected chi connectivity index (χ3v) is 6.85. The van der Waals surface area contributed by atoms with Gasteiger partial charge >= 0.3 is 0 Å². The van der Waals surface area contributed by atoms with E-state index in [9.17, 15) is 13.6 Å². The Hall–Kier alpha value is -3.60. The van der Waals surface area contributed by atoms with Gasteiger partial charge in [-0.3, -0.25) is 10.2 Å². The van der Waals surface area contributed by atoms with Crippen LogP contribution in [0.3, 0.4) is 0 Å². The molecule has 1 aliphatic rings. The number of carbonyl (C=O) groups excluding carboxylic acids is 1. The molecule has 0 bridgehead atoms. The van der Waals surface area contributed by atoms with Crippen molar-refractivity contribution in [2.75, 3.05) is 19.8 Å². The van der Waals surface area contributed by atoms with Crippen LogP contribution < -0.4 is 15.6 Å². The van der Waals surface area contributed by atoms with Crippen molar-refractivity contribution < 1.29 is 28.2 Å². The van der Waals surface area contributed by atoms with Gasteiger partial charge < -0.3 is 14.6 Å². The molecule has 3 N–H and O–H groups in total. The van der Waals surface area contributed by atoms with Gasteiger partial charge in [-0.2, -0.15) is 0 Å². The molecule has 0 spiro atoms. The van der Waals surface area contributed by atoms with Crippen molar-refractivity contribution in [3.05, 3.63) is 112 Å². The van der Waals surface area contributed by atoms with Gasteiger partial charge in [-0.15, -0.1) is 6.58 Å². The molecule has 3 aromatic carbocycles. The minimum atomic E-state index is -1.38. The van der Waals surface area contributed by atoms with E-state index in [1.54, 1.807) is 30.3 Å². The number of rotatable bonds is 13. The topological polar surface area (TPSA) is 92.2 Å². The Morgan fingerprint density at radius 3 is 2.48 bits per heavy atom. The van der Waals surface area contributed by atoms with E-state index in [2.05, 4.69) is 33.4 Å². The zero-order chi connectivity index (χ0) is 28.5. The monoisotopic (exact) mass is 613 g/mol. The molecule has 0 aliphatic carbocycles. The SMILES string of the molecule is C=CC[C@]1(C(=O)NNCCc2cc(F)cc(F)c2)N=C(c2ccc(OCCCO)cc2)O[C@H]1c1ccc(Br)cc1. The van der Waals surface area contributed by atoms with Crippen molar-refractivity contribution >= 4 is 27.7 Å². The van der Waals surface area contributed by atoms with Gasteiger partial charge in [0.25, 0.3) is 5.91 Å². The summed E-state index contributed by atoms with van der Waals surface area (Å²) in [5, 5.41) is 8.96. The second kappa shape index (κ2) is 13.6. The number of nitrogens with one attached hydrogen (secondary N) is 2. The summed E-state index contributed by atoms with van der Waals surface area (Å²) in [4.78, 5) is 18.5. The number of halogens is 3. The molecule has 0 saturated carbocycles. The number of ether oxygens (including phenoxy) is 2. The molecule has 7 nitrogen and oxygen atoms in total. The molecule has 40 heavy (non-hydrogen) atoms. The third-order valence-electron chi connectivity index (χ3n) is 6.32. The predicted molar refractivity (Wildman–Crippen MR) is 152 cm³/mol. The maximum absolute atomic E-state index is 13.7. The number of hydrazine groups is 1. The van der Waals surface area contributed by atoms with Crippen molar-refractivity contribution in [3.8, 4) is 5.75 Å². The molecule has 3 aromatic rings. The number of carbonyl (C=O) groups is 1. The van der Waals surface area contributed by atoms with Gasteiger partial charge in [-0.25, -0.2) is 19.2 Å². The molecule has 1 heterocycles. The number of aliphatic hydroxyl groups is 1. The Kier molecular flexibility index (Phi) is 10.0. The van der Waals surface area contributed by atoms with E-state index in [4.69, 9.17) is 19.6 Å². The van der Waals surface area contributed by atoms with Gasteiger partial charge in [0.1, 0.15) is 17.4 Å². The van der Waals surface area contributed by atoms with E-state index in [0.29, 0.717) is 35.8 Å². The average molecular weight is 614 g/mol. The summed E-state index contributed by atoms with van der Waals surface area (Å²) in [6.07, 6.45) is 1.86. The quantitative estimate of drug-likeness (QED) is 0.140. The standard InChI is InChI=1S/C30H30BrF2N3O4/c1-2-13-30(29(38)36-34-14-12-20-17-24(32)19-25(33)18-20)27(21-4-8-23(31)9-5-21)40-28(35-30)22-6-10-26(11-7-22)39-16-3-15-37/h2,4-11,17-19,27,34,37H,1,3,12-16H2,(H,36,38)/t27-,30-/m0/s1. The van der Waals surface area contributed by atoms with Gasteiger partial charge in [0, 0.05) is 42.1 Å². The summed E-state index contributed by atoms with van der Waals surface area (Å²) < 4.78 is 39.9. The number of nitrogens with zero attached hydrogens (tertiary/aromatic N) is 1.